The normalized spacial score (nSPS) is 14.2. The lowest BCUT2D eigenvalue weighted by Gasteiger charge is -2.12. The summed E-state index contributed by atoms with van der Waals surface area (Å²) in [5, 5.41) is 14.1. The van der Waals surface area contributed by atoms with Crippen molar-refractivity contribution in [1.82, 2.24) is 19.6 Å². The second kappa shape index (κ2) is 5.95. The lowest BCUT2D eigenvalue weighted by atomic mass is 10.1. The molecule has 0 spiro atoms. The van der Waals surface area contributed by atoms with Gasteiger partial charge in [0.15, 0.2) is 11.5 Å². The molecule has 2 heterocycles. The number of rotatable bonds is 4. The van der Waals surface area contributed by atoms with E-state index in [0.717, 1.165) is 40.5 Å². The van der Waals surface area contributed by atoms with Gasteiger partial charge in [-0.1, -0.05) is 35.4 Å². The summed E-state index contributed by atoms with van der Waals surface area (Å²) in [7, 11) is 0. The number of halogens is 1. The lowest BCUT2D eigenvalue weighted by molar-refractivity contribution is 0.870. The first kappa shape index (κ1) is 15.6. The Kier molecular flexibility index (Phi) is 3.57. The minimum Gasteiger partial charge on any atom is -0.355 e. The molecule has 0 radical (unpaired) electrons. The second-order valence-electron chi connectivity index (χ2n) is 6.94. The van der Waals surface area contributed by atoms with Gasteiger partial charge < -0.3 is 5.32 Å². The summed E-state index contributed by atoms with van der Waals surface area (Å²) < 4.78 is 1.99. The molecule has 5 nitrogen and oxygen atoms in total. The number of hydrogen-bond donors (Lipinski definition) is 1. The van der Waals surface area contributed by atoms with E-state index in [2.05, 4.69) is 34.6 Å². The number of hydrogen-bond acceptors (Lipinski definition) is 4. The zero-order valence-corrected chi connectivity index (χ0v) is 15.2. The maximum Gasteiger partial charge on any atom is 0.211 e. The highest BCUT2D eigenvalue weighted by Gasteiger charge is 2.23. The minimum absolute atomic E-state index is 0.652. The zero-order valence-electron chi connectivity index (χ0n) is 14.4. The van der Waals surface area contributed by atoms with E-state index in [1.807, 2.05) is 34.7 Å². The van der Waals surface area contributed by atoms with E-state index in [4.69, 9.17) is 16.6 Å². The summed E-state index contributed by atoms with van der Waals surface area (Å²) >= 11 is 6.43. The van der Waals surface area contributed by atoms with Crippen LogP contribution in [0.5, 0.6) is 0 Å². The molecule has 1 saturated carbocycles. The van der Waals surface area contributed by atoms with Crippen LogP contribution in [0.15, 0.2) is 42.5 Å². The van der Waals surface area contributed by atoms with Crippen LogP contribution in [0.2, 0.25) is 5.02 Å². The van der Waals surface area contributed by atoms with Gasteiger partial charge in [0.05, 0.1) is 10.5 Å². The van der Waals surface area contributed by atoms with E-state index in [1.54, 1.807) is 0 Å². The molecule has 6 heteroatoms. The molecule has 130 valence electrons. The first-order valence-electron chi connectivity index (χ1n) is 8.85. The molecule has 2 aromatic heterocycles. The van der Waals surface area contributed by atoms with Crippen LogP contribution in [0.25, 0.3) is 27.9 Å². The summed E-state index contributed by atoms with van der Waals surface area (Å²) in [6, 6.07) is 13.9. The van der Waals surface area contributed by atoms with E-state index in [9.17, 15) is 0 Å². The third-order valence-corrected chi connectivity index (χ3v) is 5.18. The molecule has 4 aromatic rings. The highest BCUT2D eigenvalue weighted by Crippen LogP contribution is 2.32. The fourth-order valence-electron chi connectivity index (χ4n) is 3.24. The van der Waals surface area contributed by atoms with Gasteiger partial charge in [0, 0.05) is 17.5 Å². The number of nitrogens with zero attached hydrogens (tertiary/aromatic N) is 4. The highest BCUT2D eigenvalue weighted by molar-refractivity contribution is 6.33. The van der Waals surface area contributed by atoms with Crippen LogP contribution in [-0.2, 0) is 0 Å². The van der Waals surface area contributed by atoms with E-state index in [-0.39, 0.29) is 0 Å². The molecule has 0 aliphatic heterocycles. The summed E-state index contributed by atoms with van der Waals surface area (Å²) in [4.78, 5) is 4.86. The van der Waals surface area contributed by atoms with Gasteiger partial charge in [0.2, 0.25) is 5.95 Å². The first-order chi connectivity index (χ1) is 12.7. The van der Waals surface area contributed by atoms with Gasteiger partial charge in [0.25, 0.3) is 0 Å². The van der Waals surface area contributed by atoms with Crippen LogP contribution in [0.1, 0.15) is 18.4 Å². The average molecular weight is 364 g/mol. The smallest absolute Gasteiger partial charge is 0.211 e. The average Bonchev–Trinajstić information content (AvgIpc) is 3.37. The van der Waals surface area contributed by atoms with Gasteiger partial charge in [-0.25, -0.2) is 9.38 Å². The van der Waals surface area contributed by atoms with Crippen molar-refractivity contribution >= 4 is 34.1 Å². The molecule has 2 aromatic carbocycles. The van der Waals surface area contributed by atoms with E-state index in [1.165, 1.54) is 18.4 Å². The Morgan fingerprint density at radius 1 is 1.15 bits per heavy atom. The van der Waals surface area contributed by atoms with Crippen molar-refractivity contribution in [2.45, 2.75) is 19.8 Å². The lowest BCUT2D eigenvalue weighted by Crippen LogP contribution is -2.10. The Morgan fingerprint density at radius 2 is 2.00 bits per heavy atom. The summed E-state index contributed by atoms with van der Waals surface area (Å²) in [6.07, 6.45) is 2.56. The number of benzene rings is 2. The van der Waals surface area contributed by atoms with Crippen molar-refractivity contribution in [2.24, 2.45) is 5.92 Å². The van der Waals surface area contributed by atoms with Crippen LogP contribution < -0.4 is 5.32 Å². The third kappa shape index (κ3) is 2.59. The molecule has 0 unspecified atom stereocenters. The van der Waals surface area contributed by atoms with Gasteiger partial charge in [0.1, 0.15) is 0 Å². The van der Waals surface area contributed by atoms with Crippen LogP contribution in [0.3, 0.4) is 0 Å². The number of aryl methyl sites for hydroxylation is 1. The molecule has 1 fully saturated rings. The Bertz CT molecular complexity index is 1130. The SMILES string of the molecule is Cc1ccc2nc(NCC3CC3)n3c(-c4ccccc4Cl)nnc3c2c1. The van der Waals surface area contributed by atoms with Crippen molar-refractivity contribution in [3.63, 3.8) is 0 Å². The van der Waals surface area contributed by atoms with Crippen molar-refractivity contribution < 1.29 is 0 Å². The summed E-state index contributed by atoms with van der Waals surface area (Å²) in [5.41, 5.74) is 3.73. The van der Waals surface area contributed by atoms with Crippen LogP contribution in [0, 0.1) is 12.8 Å². The van der Waals surface area contributed by atoms with E-state index >= 15 is 0 Å². The van der Waals surface area contributed by atoms with Crippen molar-refractivity contribution in [3.05, 3.63) is 53.1 Å². The highest BCUT2D eigenvalue weighted by atomic mass is 35.5. The van der Waals surface area contributed by atoms with Crippen molar-refractivity contribution in [2.75, 3.05) is 11.9 Å². The molecule has 5 rings (SSSR count). The van der Waals surface area contributed by atoms with Crippen molar-refractivity contribution in [3.8, 4) is 11.4 Å². The molecule has 1 aliphatic rings. The van der Waals surface area contributed by atoms with Crippen molar-refractivity contribution in [1.29, 1.82) is 0 Å². The van der Waals surface area contributed by atoms with Gasteiger partial charge in [-0.15, -0.1) is 10.2 Å². The second-order valence-corrected chi connectivity index (χ2v) is 7.35. The number of aromatic nitrogens is 4. The topological polar surface area (TPSA) is 55.1 Å². The fourth-order valence-corrected chi connectivity index (χ4v) is 3.46. The standard InChI is InChI=1S/C20H18ClN5/c1-12-6-9-17-15(10-12)19-25-24-18(14-4-2-3-5-16(14)21)26(19)20(23-17)22-11-13-7-8-13/h2-6,9-10,13H,7-8,11H2,1H3,(H,22,23). The molecular weight excluding hydrogens is 346 g/mol. The summed E-state index contributed by atoms with van der Waals surface area (Å²) in [5.74, 6) is 2.21. The molecule has 0 amide bonds. The largest absolute Gasteiger partial charge is 0.355 e. The van der Waals surface area contributed by atoms with Gasteiger partial charge in [-0.2, -0.15) is 0 Å². The number of fused-ring (bicyclic) bond motifs is 3. The Morgan fingerprint density at radius 3 is 2.81 bits per heavy atom. The predicted molar refractivity (Wildman–Crippen MR) is 105 cm³/mol. The number of nitrogens with one attached hydrogen (secondary N) is 1. The quantitative estimate of drug-likeness (QED) is 0.569. The third-order valence-electron chi connectivity index (χ3n) is 4.85. The molecule has 0 saturated heterocycles. The van der Waals surface area contributed by atoms with Crippen LogP contribution >= 0.6 is 11.6 Å². The molecule has 1 N–H and O–H groups in total. The van der Waals surface area contributed by atoms with Gasteiger partial charge >= 0.3 is 0 Å². The first-order valence-corrected chi connectivity index (χ1v) is 9.23. The van der Waals surface area contributed by atoms with Crippen LogP contribution in [0.4, 0.5) is 5.95 Å². The van der Waals surface area contributed by atoms with E-state index in [0.29, 0.717) is 10.8 Å². The molecule has 26 heavy (non-hydrogen) atoms. The summed E-state index contributed by atoms with van der Waals surface area (Å²) in [6.45, 7) is 2.99. The molecular formula is C20H18ClN5. The molecule has 0 atom stereocenters. The maximum absolute atomic E-state index is 6.43. The Balaban J connectivity index is 1.79. The minimum atomic E-state index is 0.652. The van der Waals surface area contributed by atoms with Crippen LogP contribution in [-0.4, -0.2) is 26.1 Å². The van der Waals surface area contributed by atoms with E-state index < -0.39 is 0 Å². The molecule has 1 aliphatic carbocycles. The fraction of sp³-hybridized carbons (Fsp3) is 0.250. The Labute approximate surface area is 156 Å². The predicted octanol–water partition coefficient (Wildman–Crippen LogP) is 4.73. The zero-order chi connectivity index (χ0) is 17.7. The van der Waals surface area contributed by atoms with Gasteiger partial charge in [-0.3, -0.25) is 0 Å². The Hall–Kier alpha value is -2.66. The number of anilines is 1. The molecule has 0 bridgehead atoms. The maximum atomic E-state index is 6.43. The van der Waals surface area contributed by atoms with Gasteiger partial charge in [-0.05, 0) is 49.9 Å². The monoisotopic (exact) mass is 363 g/mol.